The third-order valence-corrected chi connectivity index (χ3v) is 4.08. The molecule has 1 aromatic heterocycles. The molecule has 0 saturated heterocycles. The van der Waals surface area contributed by atoms with Crippen molar-refractivity contribution in [3.63, 3.8) is 0 Å². The Hall–Kier alpha value is -1.74. The van der Waals surface area contributed by atoms with E-state index in [1.54, 1.807) is 0 Å². The monoisotopic (exact) mass is 284 g/mol. The van der Waals surface area contributed by atoms with E-state index in [0.717, 1.165) is 25.4 Å². The predicted molar refractivity (Wildman–Crippen MR) is 86.5 cm³/mol. The molecule has 0 aliphatic heterocycles. The molecule has 0 radical (unpaired) electrons. The Bertz CT molecular complexity index is 586. The topological polar surface area (TPSA) is 28.4 Å². The van der Waals surface area contributed by atoms with Gasteiger partial charge in [0.25, 0.3) is 0 Å². The smallest absolute Gasteiger partial charge is 0.122 e. The molecule has 0 atom stereocenters. The highest BCUT2D eigenvalue weighted by Crippen LogP contribution is 2.23. The number of nitrogens with one attached hydrogen (secondary N) is 1. The fourth-order valence-electron chi connectivity index (χ4n) is 2.60. The van der Waals surface area contributed by atoms with Crippen molar-refractivity contribution in [2.45, 2.75) is 45.8 Å². The van der Waals surface area contributed by atoms with Crippen molar-refractivity contribution >= 4 is 5.69 Å². The fraction of sp³-hybridized carbons (Fsp3) is 0.444. The number of furan rings is 1. The van der Waals surface area contributed by atoms with Crippen molar-refractivity contribution in [2.24, 2.45) is 0 Å². The average Bonchev–Trinajstić information content (AvgIpc) is 3.21. The first kappa shape index (κ1) is 14.2. The van der Waals surface area contributed by atoms with Gasteiger partial charge in [-0.2, -0.15) is 0 Å². The summed E-state index contributed by atoms with van der Waals surface area (Å²) in [6.07, 6.45) is 4.42. The number of aryl methyl sites for hydroxylation is 1. The van der Waals surface area contributed by atoms with Crippen LogP contribution in [0.1, 0.15) is 36.7 Å². The van der Waals surface area contributed by atoms with Gasteiger partial charge in [0.2, 0.25) is 0 Å². The van der Waals surface area contributed by atoms with Crippen LogP contribution in [0.15, 0.2) is 41.0 Å². The first-order valence-corrected chi connectivity index (χ1v) is 7.86. The Morgan fingerprint density at radius 1 is 1.29 bits per heavy atom. The normalized spacial score (nSPS) is 14.4. The number of nitrogens with zero attached hydrogens (tertiary/aromatic N) is 1. The van der Waals surface area contributed by atoms with Crippen molar-refractivity contribution in [3.8, 4) is 0 Å². The van der Waals surface area contributed by atoms with E-state index in [1.807, 2.05) is 6.26 Å². The van der Waals surface area contributed by atoms with Crippen LogP contribution in [-0.4, -0.2) is 12.6 Å². The van der Waals surface area contributed by atoms with E-state index in [1.165, 1.54) is 29.7 Å². The molecule has 112 valence electrons. The van der Waals surface area contributed by atoms with Gasteiger partial charge in [-0.1, -0.05) is 12.1 Å². The van der Waals surface area contributed by atoms with Gasteiger partial charge in [0.1, 0.15) is 5.76 Å². The summed E-state index contributed by atoms with van der Waals surface area (Å²) in [6.45, 7) is 7.07. The average molecular weight is 284 g/mol. The van der Waals surface area contributed by atoms with Gasteiger partial charge in [0.15, 0.2) is 0 Å². The van der Waals surface area contributed by atoms with Gasteiger partial charge in [-0.3, -0.25) is 0 Å². The fourth-order valence-corrected chi connectivity index (χ4v) is 2.60. The van der Waals surface area contributed by atoms with E-state index < -0.39 is 0 Å². The summed E-state index contributed by atoms with van der Waals surface area (Å²) in [7, 11) is 0. The minimum absolute atomic E-state index is 0.710. The second kappa shape index (κ2) is 6.35. The second-order valence-corrected chi connectivity index (χ2v) is 5.88. The van der Waals surface area contributed by atoms with Gasteiger partial charge in [-0.05, 0) is 50.5 Å². The zero-order chi connectivity index (χ0) is 14.7. The Balaban J connectivity index is 1.70. The molecule has 1 aliphatic carbocycles. The Kier molecular flexibility index (Phi) is 4.30. The highest BCUT2D eigenvalue weighted by Gasteiger charge is 2.21. The Morgan fingerprint density at radius 2 is 2.14 bits per heavy atom. The van der Waals surface area contributed by atoms with E-state index in [4.69, 9.17) is 4.42 Å². The lowest BCUT2D eigenvalue weighted by Crippen LogP contribution is -2.23. The first-order chi connectivity index (χ1) is 10.3. The maximum Gasteiger partial charge on any atom is 0.122 e. The van der Waals surface area contributed by atoms with Crippen LogP contribution < -0.4 is 10.2 Å². The third kappa shape index (κ3) is 3.67. The van der Waals surface area contributed by atoms with Crippen molar-refractivity contribution in [2.75, 3.05) is 11.4 Å². The summed E-state index contributed by atoms with van der Waals surface area (Å²) < 4.78 is 5.66. The summed E-state index contributed by atoms with van der Waals surface area (Å²) >= 11 is 0. The first-order valence-electron chi connectivity index (χ1n) is 7.86. The van der Waals surface area contributed by atoms with Crippen LogP contribution in [0.2, 0.25) is 0 Å². The SMILES string of the molecule is CCN(Cc1ccoc1CNC1CC1)c1cccc(C)c1. The molecule has 3 nitrogen and oxygen atoms in total. The molecule has 0 bridgehead atoms. The molecule has 1 aliphatic rings. The standard InChI is InChI=1S/C18H24N2O/c1-3-20(17-6-4-5-14(2)11-17)13-15-9-10-21-18(15)12-19-16-7-8-16/h4-6,9-11,16,19H,3,7-8,12-13H2,1-2H3. The maximum absolute atomic E-state index is 5.66. The van der Waals surface area contributed by atoms with E-state index >= 15 is 0 Å². The van der Waals surface area contributed by atoms with Crippen molar-refractivity contribution in [3.05, 3.63) is 53.5 Å². The summed E-state index contributed by atoms with van der Waals surface area (Å²) in [6, 6.07) is 11.5. The minimum Gasteiger partial charge on any atom is -0.468 e. The van der Waals surface area contributed by atoms with Crippen LogP contribution in [0, 0.1) is 6.92 Å². The molecule has 1 saturated carbocycles. The highest BCUT2D eigenvalue weighted by atomic mass is 16.3. The summed E-state index contributed by atoms with van der Waals surface area (Å²) in [5.74, 6) is 1.08. The lowest BCUT2D eigenvalue weighted by atomic mass is 10.1. The van der Waals surface area contributed by atoms with Crippen LogP contribution in [0.5, 0.6) is 0 Å². The summed E-state index contributed by atoms with van der Waals surface area (Å²) in [5, 5.41) is 3.53. The van der Waals surface area contributed by atoms with Crippen molar-refractivity contribution in [1.82, 2.24) is 5.32 Å². The Labute approximate surface area is 127 Å². The van der Waals surface area contributed by atoms with Gasteiger partial charge < -0.3 is 14.6 Å². The van der Waals surface area contributed by atoms with E-state index in [2.05, 4.69) is 54.4 Å². The van der Waals surface area contributed by atoms with Crippen LogP contribution in [-0.2, 0) is 13.1 Å². The van der Waals surface area contributed by atoms with E-state index in [0.29, 0.717) is 6.04 Å². The van der Waals surface area contributed by atoms with Gasteiger partial charge in [0.05, 0.1) is 12.8 Å². The predicted octanol–water partition coefficient (Wildman–Crippen LogP) is 3.87. The zero-order valence-electron chi connectivity index (χ0n) is 12.9. The largest absolute Gasteiger partial charge is 0.468 e. The maximum atomic E-state index is 5.66. The molecule has 1 heterocycles. The highest BCUT2D eigenvalue weighted by molar-refractivity contribution is 5.49. The number of hydrogen-bond acceptors (Lipinski definition) is 3. The summed E-state index contributed by atoms with van der Waals surface area (Å²) in [5.41, 5.74) is 3.86. The van der Waals surface area contributed by atoms with Gasteiger partial charge in [-0.15, -0.1) is 0 Å². The number of anilines is 1. The minimum atomic E-state index is 0.710. The molecule has 1 aromatic carbocycles. The Morgan fingerprint density at radius 3 is 2.86 bits per heavy atom. The molecule has 1 N–H and O–H groups in total. The van der Waals surface area contributed by atoms with E-state index in [-0.39, 0.29) is 0 Å². The van der Waals surface area contributed by atoms with E-state index in [9.17, 15) is 0 Å². The van der Waals surface area contributed by atoms with Gasteiger partial charge in [0, 0.05) is 30.4 Å². The molecule has 3 rings (SSSR count). The molecule has 3 heteroatoms. The van der Waals surface area contributed by atoms with Gasteiger partial charge in [-0.25, -0.2) is 0 Å². The third-order valence-electron chi connectivity index (χ3n) is 4.08. The van der Waals surface area contributed by atoms with Gasteiger partial charge >= 0.3 is 0 Å². The molecule has 1 fully saturated rings. The second-order valence-electron chi connectivity index (χ2n) is 5.88. The van der Waals surface area contributed by atoms with Crippen LogP contribution >= 0.6 is 0 Å². The molecular weight excluding hydrogens is 260 g/mol. The lowest BCUT2D eigenvalue weighted by Gasteiger charge is -2.23. The van der Waals surface area contributed by atoms with Crippen LogP contribution in [0.25, 0.3) is 0 Å². The quantitative estimate of drug-likeness (QED) is 0.836. The molecular formula is C18H24N2O. The molecule has 21 heavy (non-hydrogen) atoms. The van der Waals surface area contributed by atoms with Crippen molar-refractivity contribution < 1.29 is 4.42 Å². The number of hydrogen-bond donors (Lipinski definition) is 1. The molecule has 2 aromatic rings. The van der Waals surface area contributed by atoms with Crippen molar-refractivity contribution in [1.29, 1.82) is 0 Å². The number of benzene rings is 1. The zero-order valence-corrected chi connectivity index (χ0v) is 12.9. The number of rotatable bonds is 7. The molecule has 0 unspecified atom stereocenters. The summed E-state index contributed by atoms with van der Waals surface area (Å²) in [4.78, 5) is 2.39. The molecule has 0 spiro atoms. The van der Waals surface area contributed by atoms with Crippen LogP contribution in [0.3, 0.4) is 0 Å². The van der Waals surface area contributed by atoms with Crippen LogP contribution in [0.4, 0.5) is 5.69 Å². The molecule has 0 amide bonds. The lowest BCUT2D eigenvalue weighted by molar-refractivity contribution is 0.477.